The lowest BCUT2D eigenvalue weighted by Crippen LogP contribution is -2.07. The standard InChI is InChI=1S/C19H17ClN4O2S/c1-13-3-4-14(11-17(13)20)24-18(22-23-19(24)27-10-9-21)12-26-16-7-5-15(25-2)6-8-16/h3-8,11H,10,12H2,1-2H3. The highest BCUT2D eigenvalue weighted by atomic mass is 35.5. The minimum Gasteiger partial charge on any atom is -0.497 e. The Hall–Kier alpha value is -2.69. The van der Waals surface area contributed by atoms with Gasteiger partial charge in [0.05, 0.1) is 24.6 Å². The molecule has 0 radical (unpaired) electrons. The smallest absolute Gasteiger partial charge is 0.196 e. The van der Waals surface area contributed by atoms with Crippen molar-refractivity contribution in [3.05, 3.63) is 58.9 Å². The maximum atomic E-state index is 8.89. The summed E-state index contributed by atoms with van der Waals surface area (Å²) >= 11 is 7.60. The number of benzene rings is 2. The lowest BCUT2D eigenvalue weighted by molar-refractivity contribution is 0.292. The van der Waals surface area contributed by atoms with Crippen molar-refractivity contribution in [1.82, 2.24) is 14.8 Å². The number of ether oxygens (including phenoxy) is 2. The SMILES string of the molecule is COc1ccc(OCc2nnc(SCC#N)n2-c2ccc(C)c(Cl)c2)cc1. The predicted octanol–water partition coefficient (Wildman–Crippen LogP) is 4.43. The summed E-state index contributed by atoms with van der Waals surface area (Å²) in [4.78, 5) is 0. The van der Waals surface area contributed by atoms with Gasteiger partial charge in [-0.1, -0.05) is 29.4 Å². The summed E-state index contributed by atoms with van der Waals surface area (Å²) in [6.45, 7) is 2.16. The molecule has 8 heteroatoms. The van der Waals surface area contributed by atoms with Crippen LogP contribution in [0.2, 0.25) is 5.02 Å². The second-order valence-electron chi connectivity index (χ2n) is 5.58. The number of nitriles is 1. The number of nitrogens with zero attached hydrogens (tertiary/aromatic N) is 4. The van der Waals surface area contributed by atoms with Gasteiger partial charge in [-0.25, -0.2) is 0 Å². The quantitative estimate of drug-likeness (QED) is 0.546. The Morgan fingerprint density at radius 3 is 2.56 bits per heavy atom. The Balaban J connectivity index is 1.88. The van der Waals surface area contributed by atoms with E-state index in [4.69, 9.17) is 26.3 Å². The second kappa shape index (κ2) is 8.80. The van der Waals surface area contributed by atoms with Crippen LogP contribution in [0.3, 0.4) is 0 Å². The van der Waals surface area contributed by atoms with Crippen molar-refractivity contribution in [2.24, 2.45) is 0 Å². The van der Waals surface area contributed by atoms with E-state index in [-0.39, 0.29) is 12.4 Å². The van der Waals surface area contributed by atoms with Crippen molar-refractivity contribution in [3.63, 3.8) is 0 Å². The van der Waals surface area contributed by atoms with Gasteiger partial charge in [0.15, 0.2) is 11.0 Å². The molecule has 1 heterocycles. The summed E-state index contributed by atoms with van der Waals surface area (Å²) in [6, 6.07) is 15.1. The fourth-order valence-corrected chi connectivity index (χ4v) is 3.19. The molecule has 0 aliphatic carbocycles. The van der Waals surface area contributed by atoms with Crippen LogP contribution in [0.25, 0.3) is 5.69 Å². The first-order valence-corrected chi connectivity index (χ1v) is 9.46. The number of rotatable bonds is 7. The van der Waals surface area contributed by atoms with Crippen molar-refractivity contribution >= 4 is 23.4 Å². The van der Waals surface area contributed by atoms with Gasteiger partial charge in [0.2, 0.25) is 0 Å². The van der Waals surface area contributed by atoms with Gasteiger partial charge in [0.1, 0.15) is 18.1 Å². The third kappa shape index (κ3) is 4.54. The number of halogens is 1. The van der Waals surface area contributed by atoms with Crippen LogP contribution in [-0.2, 0) is 6.61 Å². The summed E-state index contributed by atoms with van der Waals surface area (Å²) in [5.74, 6) is 2.34. The second-order valence-corrected chi connectivity index (χ2v) is 6.93. The first-order chi connectivity index (χ1) is 13.1. The minimum atomic E-state index is 0.220. The molecule has 6 nitrogen and oxygen atoms in total. The lowest BCUT2D eigenvalue weighted by atomic mass is 10.2. The van der Waals surface area contributed by atoms with Gasteiger partial charge in [-0.2, -0.15) is 5.26 Å². The minimum absolute atomic E-state index is 0.220. The number of hydrogen-bond acceptors (Lipinski definition) is 6. The van der Waals surface area contributed by atoms with Gasteiger partial charge in [-0.3, -0.25) is 4.57 Å². The average Bonchev–Trinajstić information content (AvgIpc) is 3.10. The largest absolute Gasteiger partial charge is 0.497 e. The van der Waals surface area contributed by atoms with Crippen LogP contribution in [0, 0.1) is 18.3 Å². The summed E-state index contributed by atoms with van der Waals surface area (Å²) in [7, 11) is 1.62. The Bertz CT molecular complexity index is 967. The first kappa shape index (κ1) is 19.1. The molecule has 0 aliphatic rings. The molecule has 0 atom stereocenters. The van der Waals surface area contributed by atoms with Crippen LogP contribution in [0.1, 0.15) is 11.4 Å². The molecule has 0 saturated heterocycles. The molecular formula is C19H17ClN4O2S. The van der Waals surface area contributed by atoms with Crippen LogP contribution in [0.15, 0.2) is 47.6 Å². The molecule has 0 saturated carbocycles. The molecule has 138 valence electrons. The molecule has 27 heavy (non-hydrogen) atoms. The van der Waals surface area contributed by atoms with E-state index in [9.17, 15) is 0 Å². The van der Waals surface area contributed by atoms with E-state index in [1.165, 1.54) is 11.8 Å². The molecule has 0 bridgehead atoms. The average molecular weight is 401 g/mol. The molecule has 0 unspecified atom stereocenters. The Morgan fingerprint density at radius 2 is 1.89 bits per heavy atom. The molecule has 0 fully saturated rings. The van der Waals surface area contributed by atoms with Crippen LogP contribution < -0.4 is 9.47 Å². The topological polar surface area (TPSA) is 73.0 Å². The van der Waals surface area contributed by atoms with E-state index in [0.717, 1.165) is 17.0 Å². The van der Waals surface area contributed by atoms with E-state index in [1.54, 1.807) is 7.11 Å². The molecule has 0 spiro atoms. The normalized spacial score (nSPS) is 10.4. The third-order valence-electron chi connectivity index (χ3n) is 3.81. The maximum absolute atomic E-state index is 8.89. The zero-order valence-corrected chi connectivity index (χ0v) is 16.4. The van der Waals surface area contributed by atoms with Gasteiger partial charge < -0.3 is 9.47 Å². The first-order valence-electron chi connectivity index (χ1n) is 8.10. The Labute approximate surface area is 166 Å². The molecular weight excluding hydrogens is 384 g/mol. The number of thioether (sulfide) groups is 1. The Kier molecular flexibility index (Phi) is 6.22. The monoisotopic (exact) mass is 400 g/mol. The van der Waals surface area contributed by atoms with Crippen molar-refractivity contribution in [1.29, 1.82) is 5.26 Å². The molecule has 1 aromatic heterocycles. The fraction of sp³-hybridized carbons (Fsp3) is 0.211. The van der Waals surface area contributed by atoms with Crippen LogP contribution >= 0.6 is 23.4 Å². The molecule has 3 rings (SSSR count). The van der Waals surface area contributed by atoms with Gasteiger partial charge >= 0.3 is 0 Å². The van der Waals surface area contributed by atoms with Crippen molar-refractivity contribution < 1.29 is 9.47 Å². The molecule has 0 aliphatic heterocycles. The fourth-order valence-electron chi connectivity index (χ4n) is 2.38. The highest BCUT2D eigenvalue weighted by Gasteiger charge is 2.16. The maximum Gasteiger partial charge on any atom is 0.196 e. The third-order valence-corrected chi connectivity index (χ3v) is 5.01. The molecule has 3 aromatic rings. The zero-order chi connectivity index (χ0) is 19.2. The van der Waals surface area contributed by atoms with E-state index >= 15 is 0 Å². The number of hydrogen-bond donors (Lipinski definition) is 0. The van der Waals surface area contributed by atoms with Crippen LogP contribution in [0.5, 0.6) is 11.5 Å². The number of aryl methyl sites for hydroxylation is 1. The van der Waals surface area contributed by atoms with E-state index in [2.05, 4.69) is 16.3 Å². The summed E-state index contributed by atoms with van der Waals surface area (Å²) in [5.41, 5.74) is 1.81. The zero-order valence-electron chi connectivity index (χ0n) is 14.8. The number of aromatic nitrogens is 3. The van der Waals surface area contributed by atoms with Crippen molar-refractivity contribution in [3.8, 4) is 23.3 Å². The molecule has 2 aromatic carbocycles. The van der Waals surface area contributed by atoms with Crippen LogP contribution in [0.4, 0.5) is 0 Å². The molecule has 0 N–H and O–H groups in total. The molecule has 0 amide bonds. The predicted molar refractivity (Wildman–Crippen MR) is 105 cm³/mol. The van der Waals surface area contributed by atoms with Crippen molar-refractivity contribution in [2.45, 2.75) is 18.7 Å². The van der Waals surface area contributed by atoms with Gasteiger partial charge in [0.25, 0.3) is 0 Å². The lowest BCUT2D eigenvalue weighted by Gasteiger charge is -2.12. The van der Waals surface area contributed by atoms with E-state index in [0.29, 0.717) is 21.8 Å². The van der Waals surface area contributed by atoms with Crippen LogP contribution in [-0.4, -0.2) is 27.6 Å². The van der Waals surface area contributed by atoms with Gasteiger partial charge in [0, 0.05) is 5.02 Å². The van der Waals surface area contributed by atoms with Gasteiger partial charge in [-0.15, -0.1) is 10.2 Å². The van der Waals surface area contributed by atoms with E-state index < -0.39 is 0 Å². The summed E-state index contributed by atoms with van der Waals surface area (Å²) < 4.78 is 12.8. The van der Waals surface area contributed by atoms with Crippen molar-refractivity contribution in [2.75, 3.05) is 12.9 Å². The van der Waals surface area contributed by atoms with E-state index in [1.807, 2.05) is 54.0 Å². The highest BCUT2D eigenvalue weighted by Crippen LogP contribution is 2.26. The summed E-state index contributed by atoms with van der Waals surface area (Å²) in [5, 5.41) is 18.6. The Morgan fingerprint density at radius 1 is 1.15 bits per heavy atom. The summed E-state index contributed by atoms with van der Waals surface area (Å²) in [6.07, 6.45) is 0. The highest BCUT2D eigenvalue weighted by molar-refractivity contribution is 7.99. The number of methoxy groups -OCH3 is 1. The van der Waals surface area contributed by atoms with Gasteiger partial charge in [-0.05, 0) is 48.9 Å².